The van der Waals surface area contributed by atoms with Crippen LogP contribution in [0.15, 0.2) is 24.3 Å². The molecular weight excluding hydrogens is 349 g/mol. The largest absolute Gasteiger partial charge is 0.376 e. The summed E-state index contributed by atoms with van der Waals surface area (Å²) >= 11 is 0. The Labute approximate surface area is 158 Å². The molecule has 0 aromatic heterocycles. The lowest BCUT2D eigenvalue weighted by Crippen LogP contribution is -2.49. The van der Waals surface area contributed by atoms with Gasteiger partial charge in [-0.25, -0.2) is 4.39 Å². The lowest BCUT2D eigenvalue weighted by molar-refractivity contribution is -0.135. The number of carbonyl (C=O) groups excluding carboxylic acids is 2. The minimum absolute atomic E-state index is 0.0196. The third-order valence-corrected chi connectivity index (χ3v) is 5.76. The molecule has 1 aliphatic carbocycles. The second-order valence-electron chi connectivity index (χ2n) is 7.62. The summed E-state index contributed by atoms with van der Waals surface area (Å²) in [5.41, 5.74) is 0.973. The summed E-state index contributed by atoms with van der Waals surface area (Å²) in [5.74, 6) is -0.536. The summed E-state index contributed by atoms with van der Waals surface area (Å²) in [6.07, 6.45) is 2.82. The van der Waals surface area contributed by atoms with Crippen LogP contribution in [0.3, 0.4) is 0 Å². The summed E-state index contributed by atoms with van der Waals surface area (Å²) in [6.45, 7) is 4.04. The topological polar surface area (TPSA) is 61.9 Å². The molecule has 1 aromatic carbocycles. The van der Waals surface area contributed by atoms with Gasteiger partial charge in [0, 0.05) is 45.0 Å². The average molecular weight is 375 g/mol. The van der Waals surface area contributed by atoms with Crippen LogP contribution >= 0.6 is 0 Å². The predicted molar refractivity (Wildman–Crippen MR) is 98.8 cm³/mol. The first-order valence-electron chi connectivity index (χ1n) is 9.80. The molecule has 0 radical (unpaired) electrons. The zero-order valence-electron chi connectivity index (χ0n) is 15.4. The van der Waals surface area contributed by atoms with Crippen molar-refractivity contribution in [2.24, 2.45) is 11.8 Å². The lowest BCUT2D eigenvalue weighted by Gasteiger charge is -2.36. The van der Waals surface area contributed by atoms with Crippen LogP contribution in [-0.4, -0.2) is 62.1 Å². The monoisotopic (exact) mass is 375 g/mol. The molecule has 7 heteroatoms. The molecule has 2 heterocycles. The van der Waals surface area contributed by atoms with Gasteiger partial charge in [-0.2, -0.15) is 0 Å². The maximum absolute atomic E-state index is 13.1. The highest BCUT2D eigenvalue weighted by atomic mass is 19.1. The smallest absolute Gasteiger partial charge is 0.226 e. The Balaban J connectivity index is 1.21. The molecule has 2 saturated heterocycles. The first-order chi connectivity index (χ1) is 13.1. The Kier molecular flexibility index (Phi) is 5.29. The van der Waals surface area contributed by atoms with E-state index in [1.165, 1.54) is 12.1 Å². The number of carbonyl (C=O) groups is 2. The molecule has 1 N–H and O–H groups in total. The molecule has 3 aliphatic rings. The van der Waals surface area contributed by atoms with Gasteiger partial charge in [0.25, 0.3) is 0 Å². The number of hydrogen-bond acceptors (Lipinski definition) is 4. The maximum Gasteiger partial charge on any atom is 0.226 e. The Morgan fingerprint density at radius 3 is 2.52 bits per heavy atom. The highest BCUT2D eigenvalue weighted by Crippen LogP contribution is 2.40. The Morgan fingerprint density at radius 2 is 1.85 bits per heavy atom. The zero-order valence-corrected chi connectivity index (χ0v) is 15.4. The van der Waals surface area contributed by atoms with Gasteiger partial charge in [0.05, 0.1) is 17.9 Å². The second-order valence-corrected chi connectivity index (χ2v) is 7.62. The summed E-state index contributed by atoms with van der Waals surface area (Å²) < 4.78 is 18.6. The van der Waals surface area contributed by atoms with E-state index >= 15 is 0 Å². The van der Waals surface area contributed by atoms with Crippen molar-refractivity contribution in [2.75, 3.05) is 44.2 Å². The second kappa shape index (κ2) is 7.84. The highest BCUT2D eigenvalue weighted by molar-refractivity contribution is 5.92. The van der Waals surface area contributed by atoms with Crippen LogP contribution in [0.5, 0.6) is 0 Å². The molecule has 1 saturated carbocycles. The predicted octanol–water partition coefficient (Wildman–Crippen LogP) is 1.41. The Morgan fingerprint density at radius 1 is 1.11 bits per heavy atom. The van der Waals surface area contributed by atoms with Gasteiger partial charge in [-0.1, -0.05) is 0 Å². The SMILES string of the molecule is O=C(NCC1CCCO1)C1CC1C(=O)N1CCN(c2ccc(F)cc2)CC1. The quantitative estimate of drug-likeness (QED) is 0.845. The number of benzene rings is 1. The molecule has 1 aromatic rings. The molecule has 4 rings (SSSR count). The van der Waals surface area contributed by atoms with Gasteiger partial charge >= 0.3 is 0 Å². The Bertz CT molecular complexity index is 682. The lowest BCUT2D eigenvalue weighted by atomic mass is 10.2. The van der Waals surface area contributed by atoms with E-state index in [4.69, 9.17) is 4.74 Å². The number of piperazine rings is 1. The van der Waals surface area contributed by atoms with E-state index in [1.807, 2.05) is 4.90 Å². The number of amides is 2. The number of hydrogen-bond donors (Lipinski definition) is 1. The molecule has 3 fully saturated rings. The number of anilines is 1. The third-order valence-electron chi connectivity index (χ3n) is 5.76. The van der Waals surface area contributed by atoms with Gasteiger partial charge < -0.3 is 19.9 Å². The van der Waals surface area contributed by atoms with Crippen LogP contribution in [-0.2, 0) is 14.3 Å². The van der Waals surface area contributed by atoms with E-state index in [-0.39, 0.29) is 35.6 Å². The molecule has 146 valence electrons. The van der Waals surface area contributed by atoms with Crippen LogP contribution in [0.4, 0.5) is 10.1 Å². The van der Waals surface area contributed by atoms with E-state index in [1.54, 1.807) is 12.1 Å². The summed E-state index contributed by atoms with van der Waals surface area (Å²) in [7, 11) is 0. The van der Waals surface area contributed by atoms with Gasteiger partial charge in [0.1, 0.15) is 5.82 Å². The van der Waals surface area contributed by atoms with Gasteiger partial charge in [-0.05, 0) is 43.5 Å². The van der Waals surface area contributed by atoms with E-state index in [2.05, 4.69) is 10.2 Å². The molecular formula is C20H26FN3O3. The van der Waals surface area contributed by atoms with Crippen LogP contribution in [0.1, 0.15) is 19.3 Å². The van der Waals surface area contributed by atoms with Gasteiger partial charge in [0.15, 0.2) is 0 Å². The average Bonchev–Trinajstić information content (AvgIpc) is 3.33. The Hall–Kier alpha value is -2.15. The molecule has 0 spiro atoms. The molecule has 3 unspecified atom stereocenters. The van der Waals surface area contributed by atoms with Crippen LogP contribution in [0.2, 0.25) is 0 Å². The van der Waals surface area contributed by atoms with Gasteiger partial charge in [0.2, 0.25) is 11.8 Å². The summed E-state index contributed by atoms with van der Waals surface area (Å²) in [5, 5.41) is 2.93. The highest BCUT2D eigenvalue weighted by Gasteiger charge is 2.49. The fourth-order valence-corrected chi connectivity index (χ4v) is 3.98. The van der Waals surface area contributed by atoms with E-state index in [0.29, 0.717) is 26.1 Å². The molecule has 2 amide bonds. The summed E-state index contributed by atoms with van der Waals surface area (Å²) in [6, 6.07) is 6.44. The first kappa shape index (κ1) is 18.2. The van der Waals surface area contributed by atoms with Crippen molar-refractivity contribution in [3.63, 3.8) is 0 Å². The number of halogens is 1. The molecule has 3 atom stereocenters. The molecule has 6 nitrogen and oxygen atoms in total. The van der Waals surface area contributed by atoms with Crippen molar-refractivity contribution < 1.29 is 18.7 Å². The van der Waals surface area contributed by atoms with Crippen molar-refractivity contribution in [1.82, 2.24) is 10.2 Å². The minimum Gasteiger partial charge on any atom is -0.376 e. The van der Waals surface area contributed by atoms with Crippen molar-refractivity contribution >= 4 is 17.5 Å². The third kappa shape index (κ3) is 4.24. The first-order valence-corrected chi connectivity index (χ1v) is 9.80. The van der Waals surface area contributed by atoms with Crippen molar-refractivity contribution in [2.45, 2.75) is 25.4 Å². The van der Waals surface area contributed by atoms with Gasteiger partial charge in [-0.3, -0.25) is 9.59 Å². The standard InChI is InChI=1S/C20H26FN3O3/c21-14-3-5-15(6-4-14)23-7-9-24(10-8-23)20(26)18-12-17(18)19(25)22-13-16-2-1-11-27-16/h3-6,16-18H,1-2,7-13H2,(H,22,25). The van der Waals surface area contributed by atoms with Crippen molar-refractivity contribution in [1.29, 1.82) is 0 Å². The number of ether oxygens (including phenoxy) is 1. The van der Waals surface area contributed by atoms with Crippen molar-refractivity contribution in [3.05, 3.63) is 30.1 Å². The van der Waals surface area contributed by atoms with E-state index in [0.717, 1.165) is 38.2 Å². The number of rotatable bonds is 5. The number of nitrogens with zero attached hydrogens (tertiary/aromatic N) is 2. The minimum atomic E-state index is -0.245. The zero-order chi connectivity index (χ0) is 18.8. The summed E-state index contributed by atoms with van der Waals surface area (Å²) in [4.78, 5) is 28.9. The van der Waals surface area contributed by atoms with E-state index in [9.17, 15) is 14.0 Å². The van der Waals surface area contributed by atoms with Crippen LogP contribution < -0.4 is 10.2 Å². The molecule has 0 bridgehead atoms. The van der Waals surface area contributed by atoms with Crippen LogP contribution in [0, 0.1) is 17.7 Å². The van der Waals surface area contributed by atoms with Crippen LogP contribution in [0.25, 0.3) is 0 Å². The fourth-order valence-electron chi connectivity index (χ4n) is 3.98. The van der Waals surface area contributed by atoms with E-state index < -0.39 is 0 Å². The molecule has 27 heavy (non-hydrogen) atoms. The molecule has 2 aliphatic heterocycles. The normalized spacial score (nSPS) is 27.5. The van der Waals surface area contributed by atoms with Crippen molar-refractivity contribution in [3.8, 4) is 0 Å². The fraction of sp³-hybridized carbons (Fsp3) is 0.600. The number of nitrogens with one attached hydrogen (secondary N) is 1. The maximum atomic E-state index is 13.1. The van der Waals surface area contributed by atoms with Gasteiger partial charge in [-0.15, -0.1) is 0 Å².